The first-order chi connectivity index (χ1) is 15.1. The molecule has 0 aromatic heterocycles. The van der Waals surface area contributed by atoms with E-state index in [0.717, 1.165) is 6.08 Å². The predicted molar refractivity (Wildman–Crippen MR) is 117 cm³/mol. The summed E-state index contributed by atoms with van der Waals surface area (Å²) in [5.41, 5.74) is 1.66. The molecule has 32 heavy (non-hydrogen) atoms. The fourth-order valence-electron chi connectivity index (χ4n) is 3.04. The molecule has 2 rings (SSSR count). The monoisotopic (exact) mass is 442 g/mol. The Morgan fingerprint density at radius 3 is 2.34 bits per heavy atom. The Morgan fingerprint density at radius 2 is 1.78 bits per heavy atom. The van der Waals surface area contributed by atoms with Crippen LogP contribution in [0.5, 0.6) is 0 Å². The van der Waals surface area contributed by atoms with Gasteiger partial charge in [0.15, 0.2) is 12.0 Å². The molecule has 8 heteroatoms. The highest BCUT2D eigenvalue weighted by Crippen LogP contribution is 2.29. The Hall–Kier alpha value is -3.52. The third-order valence-electron chi connectivity index (χ3n) is 4.85. The molecule has 0 spiro atoms. The van der Waals surface area contributed by atoms with Crippen molar-refractivity contribution in [3.05, 3.63) is 82.9 Å². The fraction of sp³-hybridized carbons (Fsp3) is 0.292. The lowest BCUT2D eigenvalue weighted by Gasteiger charge is -2.29. The highest BCUT2D eigenvalue weighted by atomic mass is 19.1. The second kappa shape index (κ2) is 10.7. The number of nitrogens with zero attached hydrogens (tertiary/aromatic N) is 1. The molecule has 0 aliphatic rings. The summed E-state index contributed by atoms with van der Waals surface area (Å²) in [5, 5.41) is 2.56. The van der Waals surface area contributed by atoms with Crippen molar-refractivity contribution >= 4 is 18.1 Å². The number of amides is 2. The number of hydrogen-bond donors (Lipinski definition) is 1. The van der Waals surface area contributed by atoms with Crippen LogP contribution >= 0.6 is 0 Å². The van der Waals surface area contributed by atoms with Gasteiger partial charge in [0.2, 0.25) is 5.79 Å². The molecule has 0 bridgehead atoms. The van der Waals surface area contributed by atoms with Crippen LogP contribution in [0.4, 0.5) is 4.39 Å². The van der Waals surface area contributed by atoms with Crippen LogP contribution in [0.2, 0.25) is 0 Å². The maximum absolute atomic E-state index is 13.5. The van der Waals surface area contributed by atoms with Crippen molar-refractivity contribution in [2.45, 2.75) is 25.7 Å². The van der Waals surface area contributed by atoms with E-state index in [9.17, 15) is 18.8 Å². The van der Waals surface area contributed by atoms with E-state index in [1.54, 1.807) is 57.3 Å². The second-order valence-electron chi connectivity index (χ2n) is 7.48. The maximum Gasteiger partial charge on any atom is 0.251 e. The summed E-state index contributed by atoms with van der Waals surface area (Å²) in [4.78, 5) is 38.0. The Morgan fingerprint density at radius 1 is 1.12 bits per heavy atom. The number of ether oxygens (including phenoxy) is 2. The molecular formula is C24H27FN2O5. The minimum Gasteiger partial charge on any atom is -0.459 e. The van der Waals surface area contributed by atoms with Crippen LogP contribution in [0.25, 0.3) is 0 Å². The smallest absolute Gasteiger partial charge is 0.251 e. The Kier molecular flexibility index (Phi) is 8.26. The normalized spacial score (nSPS) is 12.6. The molecule has 0 heterocycles. The van der Waals surface area contributed by atoms with Crippen LogP contribution in [0.15, 0.2) is 60.4 Å². The SMILES string of the molecule is CNC(=O)c1cccc(C(c2ccc(F)cc2)N(C)C(=O)/C=C(/C=O)OC(C)(C)OC)c1. The number of hydrogen-bond acceptors (Lipinski definition) is 5. The number of carbonyl (C=O) groups excluding carboxylic acids is 3. The van der Waals surface area contributed by atoms with Crippen LogP contribution in [0.1, 0.15) is 41.4 Å². The number of likely N-dealkylation sites (N-methyl/N-ethyl adjacent to an activating group) is 1. The molecule has 1 unspecified atom stereocenters. The largest absolute Gasteiger partial charge is 0.459 e. The number of carbonyl (C=O) groups is 3. The van der Waals surface area contributed by atoms with E-state index in [0.29, 0.717) is 23.0 Å². The molecule has 1 N–H and O–H groups in total. The topological polar surface area (TPSA) is 84.9 Å². The summed E-state index contributed by atoms with van der Waals surface area (Å²) >= 11 is 0. The van der Waals surface area contributed by atoms with E-state index in [2.05, 4.69) is 5.32 Å². The van der Waals surface area contributed by atoms with Gasteiger partial charge in [-0.2, -0.15) is 0 Å². The summed E-state index contributed by atoms with van der Waals surface area (Å²) in [6, 6.07) is 11.8. The number of allylic oxidation sites excluding steroid dienone is 1. The van der Waals surface area contributed by atoms with Crippen LogP contribution in [-0.2, 0) is 19.1 Å². The van der Waals surface area contributed by atoms with Gasteiger partial charge in [0.05, 0.1) is 6.04 Å². The van der Waals surface area contributed by atoms with E-state index >= 15 is 0 Å². The Bertz CT molecular complexity index is 1000. The van der Waals surface area contributed by atoms with Gasteiger partial charge in [-0.3, -0.25) is 14.4 Å². The van der Waals surface area contributed by atoms with Crippen molar-refractivity contribution in [1.82, 2.24) is 10.2 Å². The van der Waals surface area contributed by atoms with Gasteiger partial charge in [0.1, 0.15) is 5.82 Å². The quantitative estimate of drug-likeness (QED) is 0.279. The lowest BCUT2D eigenvalue weighted by molar-refractivity contribution is -0.173. The molecule has 170 valence electrons. The van der Waals surface area contributed by atoms with E-state index < -0.39 is 23.6 Å². The van der Waals surface area contributed by atoms with Crippen LogP contribution in [0, 0.1) is 5.82 Å². The van der Waals surface area contributed by atoms with Crippen molar-refractivity contribution in [1.29, 1.82) is 0 Å². The Labute approximate surface area is 186 Å². The highest BCUT2D eigenvalue weighted by molar-refractivity contribution is 5.94. The zero-order valence-electron chi connectivity index (χ0n) is 18.7. The summed E-state index contributed by atoms with van der Waals surface area (Å²) in [6.45, 7) is 3.20. The van der Waals surface area contributed by atoms with Crippen LogP contribution in [-0.4, -0.2) is 50.0 Å². The molecule has 0 saturated heterocycles. The molecule has 0 fully saturated rings. The molecule has 1 atom stereocenters. The summed E-state index contributed by atoms with van der Waals surface area (Å²) < 4.78 is 24.1. The van der Waals surface area contributed by atoms with E-state index in [1.165, 1.54) is 31.2 Å². The molecular weight excluding hydrogens is 415 g/mol. The molecule has 0 aliphatic heterocycles. The number of aldehydes is 1. The molecule has 0 saturated carbocycles. The standard InChI is InChI=1S/C24H27FN2O5/c1-24(2,31-5)32-20(15-28)14-21(29)27(4)22(16-9-11-19(25)12-10-16)17-7-6-8-18(13-17)23(30)26-3/h6-15,22H,1-5H3,(H,26,30)/b20-14-. The molecule has 2 amide bonds. The maximum atomic E-state index is 13.5. The van der Waals surface area contributed by atoms with Gasteiger partial charge in [-0.05, 0) is 35.4 Å². The number of halogens is 1. The van der Waals surface area contributed by atoms with Gasteiger partial charge >= 0.3 is 0 Å². The molecule has 2 aromatic rings. The van der Waals surface area contributed by atoms with E-state index in [-0.39, 0.29) is 11.7 Å². The summed E-state index contributed by atoms with van der Waals surface area (Å²) in [6.07, 6.45) is 1.48. The first-order valence-electron chi connectivity index (χ1n) is 9.87. The molecule has 2 aromatic carbocycles. The van der Waals surface area contributed by atoms with Gasteiger partial charge in [-0.1, -0.05) is 24.3 Å². The zero-order chi connectivity index (χ0) is 23.9. The minimum atomic E-state index is -1.11. The summed E-state index contributed by atoms with van der Waals surface area (Å²) in [5.74, 6) is -2.54. The first kappa shape index (κ1) is 24.7. The molecule has 0 aliphatic carbocycles. The Balaban J connectivity index is 2.49. The highest BCUT2D eigenvalue weighted by Gasteiger charge is 2.25. The second-order valence-corrected chi connectivity index (χ2v) is 7.48. The van der Waals surface area contributed by atoms with Gasteiger partial charge in [0.25, 0.3) is 11.8 Å². The van der Waals surface area contributed by atoms with Crippen molar-refractivity contribution in [3.63, 3.8) is 0 Å². The number of nitrogens with one attached hydrogen (secondary N) is 1. The van der Waals surface area contributed by atoms with Gasteiger partial charge in [-0.15, -0.1) is 0 Å². The number of benzene rings is 2. The fourth-order valence-corrected chi connectivity index (χ4v) is 3.04. The van der Waals surface area contributed by atoms with Gasteiger partial charge < -0.3 is 19.7 Å². The minimum absolute atomic E-state index is 0.203. The van der Waals surface area contributed by atoms with Crippen LogP contribution in [0.3, 0.4) is 0 Å². The van der Waals surface area contributed by atoms with Gasteiger partial charge in [-0.25, -0.2) is 4.39 Å². The molecule has 0 radical (unpaired) electrons. The third-order valence-corrected chi connectivity index (χ3v) is 4.85. The lowest BCUT2D eigenvalue weighted by Crippen LogP contribution is -2.32. The average molecular weight is 442 g/mol. The predicted octanol–water partition coefficient (Wildman–Crippen LogP) is 3.22. The zero-order valence-corrected chi connectivity index (χ0v) is 18.7. The average Bonchev–Trinajstić information content (AvgIpc) is 2.79. The van der Waals surface area contributed by atoms with Crippen molar-refractivity contribution in [2.75, 3.05) is 21.2 Å². The number of methoxy groups -OCH3 is 1. The van der Waals surface area contributed by atoms with Crippen molar-refractivity contribution in [3.8, 4) is 0 Å². The first-order valence-corrected chi connectivity index (χ1v) is 9.87. The third kappa shape index (κ3) is 6.24. The van der Waals surface area contributed by atoms with Crippen molar-refractivity contribution < 1.29 is 28.2 Å². The van der Waals surface area contributed by atoms with Gasteiger partial charge in [0, 0.05) is 46.7 Å². The summed E-state index contributed by atoms with van der Waals surface area (Å²) in [7, 11) is 4.49. The lowest BCUT2D eigenvalue weighted by atomic mass is 9.95. The van der Waals surface area contributed by atoms with E-state index in [1.807, 2.05) is 0 Å². The van der Waals surface area contributed by atoms with Crippen LogP contribution < -0.4 is 5.32 Å². The van der Waals surface area contributed by atoms with E-state index in [4.69, 9.17) is 9.47 Å². The number of rotatable bonds is 9. The van der Waals surface area contributed by atoms with Crippen molar-refractivity contribution in [2.24, 2.45) is 0 Å². The molecule has 7 nitrogen and oxygen atoms in total.